The van der Waals surface area contributed by atoms with Crippen LogP contribution in [0.2, 0.25) is 0 Å². The van der Waals surface area contributed by atoms with Crippen LogP contribution in [0.15, 0.2) is 24.5 Å². The molecular weight excluding hydrogens is 286 g/mol. The van der Waals surface area contributed by atoms with Crippen molar-refractivity contribution in [2.75, 3.05) is 24.5 Å². The Bertz CT molecular complexity index is 690. The minimum atomic E-state index is 0.388. The number of aromatic nitrogens is 2. The molecule has 3 heterocycles. The summed E-state index contributed by atoms with van der Waals surface area (Å²) in [7, 11) is 0. The molecule has 122 valence electrons. The van der Waals surface area contributed by atoms with Gasteiger partial charge in [0.1, 0.15) is 12.1 Å². The summed E-state index contributed by atoms with van der Waals surface area (Å²) in [6, 6.07) is 6.32. The molecule has 1 aromatic carbocycles. The molecule has 0 bridgehead atoms. The van der Waals surface area contributed by atoms with Crippen molar-refractivity contribution in [1.82, 2.24) is 20.4 Å². The van der Waals surface area contributed by atoms with Gasteiger partial charge in [-0.2, -0.15) is 0 Å². The number of hydrogen-bond acceptors (Lipinski definition) is 5. The first-order chi connectivity index (χ1) is 11.2. The van der Waals surface area contributed by atoms with Crippen LogP contribution in [0.25, 0.3) is 10.9 Å². The zero-order valence-corrected chi connectivity index (χ0v) is 14.0. The Kier molecular flexibility index (Phi) is 3.91. The fourth-order valence-electron chi connectivity index (χ4n) is 3.94. The Balaban J connectivity index is 1.78. The fraction of sp³-hybridized carbons (Fsp3) is 0.556. The van der Waals surface area contributed by atoms with E-state index in [0.29, 0.717) is 6.17 Å². The molecule has 2 saturated heterocycles. The van der Waals surface area contributed by atoms with Gasteiger partial charge in [-0.3, -0.25) is 5.43 Å². The number of nitrogens with one attached hydrogen (secondary N) is 1. The molecule has 0 saturated carbocycles. The van der Waals surface area contributed by atoms with Crippen LogP contribution < -0.4 is 10.3 Å². The predicted octanol–water partition coefficient (Wildman–Crippen LogP) is 2.71. The lowest BCUT2D eigenvalue weighted by molar-refractivity contribution is 0.126. The molecule has 5 heteroatoms. The second-order valence-electron chi connectivity index (χ2n) is 6.92. The van der Waals surface area contributed by atoms with Crippen molar-refractivity contribution >= 4 is 16.7 Å². The van der Waals surface area contributed by atoms with E-state index in [1.165, 1.54) is 30.2 Å². The van der Waals surface area contributed by atoms with Crippen LogP contribution >= 0.6 is 0 Å². The molecule has 2 aliphatic rings. The highest BCUT2D eigenvalue weighted by molar-refractivity contribution is 5.92. The quantitative estimate of drug-likeness (QED) is 0.924. The number of fused-ring (bicyclic) bond motifs is 1. The topological polar surface area (TPSA) is 44.3 Å². The molecule has 2 fully saturated rings. The van der Waals surface area contributed by atoms with Crippen LogP contribution in [-0.4, -0.2) is 40.8 Å². The Morgan fingerprint density at radius 2 is 2.13 bits per heavy atom. The molecule has 1 N–H and O–H groups in total. The van der Waals surface area contributed by atoms with E-state index in [2.05, 4.69) is 52.4 Å². The van der Waals surface area contributed by atoms with Crippen LogP contribution in [0.3, 0.4) is 0 Å². The Morgan fingerprint density at radius 3 is 2.96 bits per heavy atom. The van der Waals surface area contributed by atoms with Crippen molar-refractivity contribution in [1.29, 1.82) is 0 Å². The van der Waals surface area contributed by atoms with Crippen LogP contribution in [0, 0.1) is 12.8 Å². The SMILES string of the molecule is Cc1cccc2ncnc(N3CCC(C)CC3N3CCCN3)c12. The number of hydrogen-bond donors (Lipinski definition) is 1. The van der Waals surface area contributed by atoms with Gasteiger partial charge < -0.3 is 4.90 Å². The standard InChI is InChI=1S/C18H25N5/c1-13-7-10-22(16(11-13)23-9-4-8-21-23)18-17-14(2)5-3-6-15(17)19-12-20-18/h3,5-6,12-13,16,21H,4,7-11H2,1-2H3. The number of piperidine rings is 1. The maximum Gasteiger partial charge on any atom is 0.141 e. The summed E-state index contributed by atoms with van der Waals surface area (Å²) in [5, 5.41) is 3.62. The average Bonchev–Trinajstić information content (AvgIpc) is 3.09. The Morgan fingerprint density at radius 1 is 1.22 bits per heavy atom. The highest BCUT2D eigenvalue weighted by Crippen LogP contribution is 2.33. The van der Waals surface area contributed by atoms with E-state index in [1.54, 1.807) is 6.33 Å². The fourth-order valence-corrected chi connectivity index (χ4v) is 3.94. The number of hydrazine groups is 1. The van der Waals surface area contributed by atoms with Gasteiger partial charge in [0.2, 0.25) is 0 Å². The van der Waals surface area contributed by atoms with Gasteiger partial charge in [0.05, 0.1) is 11.7 Å². The molecule has 2 aromatic rings. The second-order valence-corrected chi connectivity index (χ2v) is 6.92. The van der Waals surface area contributed by atoms with E-state index >= 15 is 0 Å². The first-order valence-corrected chi connectivity index (χ1v) is 8.71. The van der Waals surface area contributed by atoms with Gasteiger partial charge in [-0.25, -0.2) is 15.0 Å². The zero-order valence-electron chi connectivity index (χ0n) is 14.0. The smallest absolute Gasteiger partial charge is 0.141 e. The summed E-state index contributed by atoms with van der Waals surface area (Å²) in [4.78, 5) is 11.7. The van der Waals surface area contributed by atoms with Gasteiger partial charge in [0, 0.05) is 25.0 Å². The molecule has 0 aliphatic carbocycles. The summed E-state index contributed by atoms with van der Waals surface area (Å²) >= 11 is 0. The minimum absolute atomic E-state index is 0.388. The summed E-state index contributed by atoms with van der Waals surface area (Å²) in [6.07, 6.45) is 5.73. The highest BCUT2D eigenvalue weighted by Gasteiger charge is 2.34. The van der Waals surface area contributed by atoms with Gasteiger partial charge >= 0.3 is 0 Å². The maximum absolute atomic E-state index is 4.70. The van der Waals surface area contributed by atoms with Crippen molar-refractivity contribution in [3.05, 3.63) is 30.1 Å². The largest absolute Gasteiger partial charge is 0.339 e. The van der Waals surface area contributed by atoms with E-state index in [0.717, 1.165) is 36.9 Å². The summed E-state index contributed by atoms with van der Waals surface area (Å²) < 4.78 is 0. The van der Waals surface area contributed by atoms with E-state index in [-0.39, 0.29) is 0 Å². The Hall–Kier alpha value is -1.72. The van der Waals surface area contributed by atoms with Gasteiger partial charge in [0.15, 0.2) is 0 Å². The molecule has 2 atom stereocenters. The van der Waals surface area contributed by atoms with Crippen molar-refractivity contribution in [2.24, 2.45) is 5.92 Å². The van der Waals surface area contributed by atoms with Gasteiger partial charge in [-0.1, -0.05) is 19.1 Å². The van der Waals surface area contributed by atoms with E-state index in [9.17, 15) is 0 Å². The lowest BCUT2D eigenvalue weighted by Gasteiger charge is -2.44. The maximum atomic E-state index is 4.70. The third-order valence-electron chi connectivity index (χ3n) is 5.21. The lowest BCUT2D eigenvalue weighted by atomic mass is 9.95. The van der Waals surface area contributed by atoms with Crippen LogP contribution in [0.1, 0.15) is 31.7 Å². The van der Waals surface area contributed by atoms with Crippen LogP contribution in [-0.2, 0) is 0 Å². The number of aryl methyl sites for hydroxylation is 1. The molecule has 2 unspecified atom stereocenters. The first kappa shape index (κ1) is 14.8. The minimum Gasteiger partial charge on any atom is -0.339 e. The first-order valence-electron chi connectivity index (χ1n) is 8.71. The molecule has 0 amide bonds. The van der Waals surface area contributed by atoms with Crippen molar-refractivity contribution in [3.8, 4) is 0 Å². The van der Waals surface area contributed by atoms with E-state index < -0.39 is 0 Å². The summed E-state index contributed by atoms with van der Waals surface area (Å²) in [6.45, 7) is 7.79. The highest BCUT2D eigenvalue weighted by atomic mass is 15.6. The molecule has 0 radical (unpaired) electrons. The molecule has 23 heavy (non-hydrogen) atoms. The summed E-state index contributed by atoms with van der Waals surface area (Å²) in [5.74, 6) is 1.85. The van der Waals surface area contributed by atoms with Crippen LogP contribution in [0.4, 0.5) is 5.82 Å². The number of anilines is 1. The second kappa shape index (κ2) is 6.06. The van der Waals surface area contributed by atoms with Gasteiger partial charge in [0.25, 0.3) is 0 Å². The number of rotatable bonds is 2. The molecule has 2 aliphatic heterocycles. The van der Waals surface area contributed by atoms with Crippen molar-refractivity contribution in [3.63, 3.8) is 0 Å². The Labute approximate surface area is 137 Å². The van der Waals surface area contributed by atoms with Crippen molar-refractivity contribution in [2.45, 2.75) is 39.3 Å². The van der Waals surface area contributed by atoms with Crippen LogP contribution in [0.5, 0.6) is 0 Å². The molecule has 5 nitrogen and oxygen atoms in total. The molecular formula is C18H25N5. The zero-order chi connectivity index (χ0) is 15.8. The predicted molar refractivity (Wildman–Crippen MR) is 93.1 cm³/mol. The number of nitrogens with zero attached hydrogens (tertiary/aromatic N) is 4. The van der Waals surface area contributed by atoms with Gasteiger partial charge in [-0.15, -0.1) is 0 Å². The summed E-state index contributed by atoms with van der Waals surface area (Å²) in [5.41, 5.74) is 5.86. The normalized spacial score (nSPS) is 26.1. The van der Waals surface area contributed by atoms with Crippen molar-refractivity contribution < 1.29 is 0 Å². The average molecular weight is 311 g/mol. The monoisotopic (exact) mass is 311 g/mol. The lowest BCUT2D eigenvalue weighted by Crippen LogP contribution is -2.55. The number of benzene rings is 1. The van der Waals surface area contributed by atoms with Gasteiger partial charge in [-0.05, 0) is 43.7 Å². The third-order valence-corrected chi connectivity index (χ3v) is 5.21. The molecule has 0 spiro atoms. The molecule has 4 rings (SSSR count). The van der Waals surface area contributed by atoms with E-state index in [1.807, 2.05) is 0 Å². The molecule has 1 aromatic heterocycles. The van der Waals surface area contributed by atoms with E-state index in [4.69, 9.17) is 4.98 Å². The third kappa shape index (κ3) is 2.68.